The Kier molecular flexibility index (Phi) is 7.00. The van der Waals surface area contributed by atoms with Crippen molar-refractivity contribution in [1.29, 1.82) is 0 Å². The number of hydrogen-bond donors (Lipinski definition) is 6. The van der Waals surface area contributed by atoms with Gasteiger partial charge in [-0.15, -0.1) is 0 Å². The van der Waals surface area contributed by atoms with Crippen LogP contribution in [0.3, 0.4) is 0 Å². The van der Waals surface area contributed by atoms with Crippen LogP contribution in [0.4, 0.5) is 0 Å². The summed E-state index contributed by atoms with van der Waals surface area (Å²) in [6.07, 6.45) is 3.54. The van der Waals surface area contributed by atoms with Crippen LogP contribution in [-0.2, 0) is 15.8 Å². The molecule has 0 radical (unpaired) electrons. The monoisotopic (exact) mass is 446 g/mol. The van der Waals surface area contributed by atoms with E-state index in [-0.39, 0.29) is 12.3 Å². The summed E-state index contributed by atoms with van der Waals surface area (Å²) in [4.78, 5) is 51.0. The molecule has 2 heterocycles. The van der Waals surface area contributed by atoms with Gasteiger partial charge in [-0.2, -0.15) is 0 Å². The Morgan fingerprint density at radius 1 is 1.06 bits per heavy atom. The number of nitrogens with one attached hydrogen (secondary N) is 4. The first-order chi connectivity index (χ1) is 14.6. The van der Waals surface area contributed by atoms with Crippen molar-refractivity contribution in [3.63, 3.8) is 0 Å². The molecule has 0 fully saturated rings. The van der Waals surface area contributed by atoms with Gasteiger partial charge in [-0.05, 0) is 36.1 Å². The number of carbonyl (C=O) groups excluding carboxylic acids is 2. The van der Waals surface area contributed by atoms with E-state index >= 15 is 0 Å². The predicted molar refractivity (Wildman–Crippen MR) is 117 cm³/mol. The van der Waals surface area contributed by atoms with Gasteiger partial charge < -0.3 is 30.4 Å². The van der Waals surface area contributed by atoms with Crippen molar-refractivity contribution < 1.29 is 23.9 Å². The van der Waals surface area contributed by atoms with Crippen LogP contribution in [-0.4, -0.2) is 43.4 Å². The average Bonchev–Trinajstić information content (AvgIpc) is 3.36. The first-order valence-electron chi connectivity index (χ1n) is 10.00. The Hall–Kier alpha value is -2.87. The molecule has 3 rings (SSSR count). The largest absolute Gasteiger partial charge is 0.361 e. The molecule has 0 bridgehead atoms. The topological polar surface area (TPSA) is 147 Å². The fourth-order valence-electron chi connectivity index (χ4n) is 3.44. The van der Waals surface area contributed by atoms with Crippen molar-refractivity contribution in [2.75, 3.05) is 0 Å². The van der Waals surface area contributed by atoms with E-state index in [1.54, 1.807) is 24.5 Å². The SMILES string of the molecule is CC(C)C[C@H](NC(=O)c1ccc[nH]1)C(=O)N[C@@H](Cc1c[nH]c2ccccc12)P(=O)(O)O. The van der Waals surface area contributed by atoms with Gasteiger partial charge >= 0.3 is 7.60 Å². The van der Waals surface area contributed by atoms with E-state index in [0.717, 1.165) is 10.9 Å². The predicted octanol–water partition coefficient (Wildman–Crippen LogP) is 2.50. The summed E-state index contributed by atoms with van der Waals surface area (Å²) < 4.78 is 12.2. The van der Waals surface area contributed by atoms with Gasteiger partial charge in [0.15, 0.2) is 0 Å². The second-order valence-corrected chi connectivity index (χ2v) is 9.72. The maximum absolute atomic E-state index is 12.9. The summed E-state index contributed by atoms with van der Waals surface area (Å²) in [6.45, 7) is 3.79. The third kappa shape index (κ3) is 5.85. The summed E-state index contributed by atoms with van der Waals surface area (Å²) in [5, 5.41) is 5.96. The van der Waals surface area contributed by atoms with Crippen LogP contribution in [0, 0.1) is 5.92 Å². The van der Waals surface area contributed by atoms with Crippen LogP contribution >= 0.6 is 7.60 Å². The Morgan fingerprint density at radius 3 is 2.45 bits per heavy atom. The Balaban J connectivity index is 1.78. The van der Waals surface area contributed by atoms with Crippen molar-refractivity contribution in [2.24, 2.45) is 5.92 Å². The normalized spacial score (nSPS) is 13.8. The third-order valence-electron chi connectivity index (χ3n) is 4.97. The van der Waals surface area contributed by atoms with E-state index < -0.39 is 31.2 Å². The number of aromatic nitrogens is 2. The number of carbonyl (C=O) groups is 2. The lowest BCUT2D eigenvalue weighted by atomic mass is 10.0. The molecule has 0 aliphatic rings. The minimum atomic E-state index is -4.67. The lowest BCUT2D eigenvalue weighted by Crippen LogP contribution is -2.50. The van der Waals surface area contributed by atoms with Crippen molar-refractivity contribution in [3.05, 3.63) is 60.0 Å². The van der Waals surface area contributed by atoms with Crippen molar-refractivity contribution in [1.82, 2.24) is 20.6 Å². The highest BCUT2D eigenvalue weighted by Crippen LogP contribution is 2.42. The highest BCUT2D eigenvalue weighted by Gasteiger charge is 2.34. The maximum Gasteiger partial charge on any atom is 0.347 e. The third-order valence-corrected chi connectivity index (χ3v) is 6.10. The molecule has 6 N–H and O–H groups in total. The molecule has 2 amide bonds. The molecule has 0 saturated heterocycles. The Labute approximate surface area is 179 Å². The van der Waals surface area contributed by atoms with Gasteiger partial charge in [0.1, 0.15) is 17.5 Å². The first-order valence-corrected chi connectivity index (χ1v) is 11.7. The summed E-state index contributed by atoms with van der Waals surface area (Å²) in [7, 11) is -4.67. The average molecular weight is 446 g/mol. The second kappa shape index (κ2) is 9.51. The van der Waals surface area contributed by atoms with Gasteiger partial charge in [0, 0.05) is 29.7 Å². The minimum absolute atomic E-state index is 0.0565. The van der Waals surface area contributed by atoms with E-state index in [9.17, 15) is 23.9 Å². The number of para-hydroxylation sites is 1. The van der Waals surface area contributed by atoms with Gasteiger partial charge in [-0.3, -0.25) is 14.2 Å². The van der Waals surface area contributed by atoms with Crippen LogP contribution < -0.4 is 10.6 Å². The number of fused-ring (bicyclic) bond motifs is 1. The quantitative estimate of drug-likeness (QED) is 0.280. The van der Waals surface area contributed by atoms with E-state index in [2.05, 4.69) is 20.6 Å². The summed E-state index contributed by atoms with van der Waals surface area (Å²) in [6, 6.07) is 9.70. The molecule has 3 aromatic rings. The molecule has 0 spiro atoms. The Bertz CT molecular complexity index is 1090. The first kappa shape index (κ1) is 22.8. The zero-order valence-electron chi connectivity index (χ0n) is 17.3. The van der Waals surface area contributed by atoms with Crippen LogP contribution in [0.25, 0.3) is 10.9 Å². The minimum Gasteiger partial charge on any atom is -0.361 e. The molecular weight excluding hydrogens is 419 g/mol. The van der Waals surface area contributed by atoms with E-state index in [1.165, 1.54) is 0 Å². The molecule has 0 saturated carbocycles. The second-order valence-electron chi connectivity index (χ2n) is 7.92. The van der Waals surface area contributed by atoms with Gasteiger partial charge in [0.25, 0.3) is 5.91 Å². The van der Waals surface area contributed by atoms with Crippen molar-refractivity contribution in [3.8, 4) is 0 Å². The van der Waals surface area contributed by atoms with E-state index in [1.807, 2.05) is 38.1 Å². The molecule has 10 heteroatoms. The smallest absolute Gasteiger partial charge is 0.347 e. The van der Waals surface area contributed by atoms with Crippen LogP contribution in [0.2, 0.25) is 0 Å². The number of aromatic amines is 2. The lowest BCUT2D eigenvalue weighted by molar-refractivity contribution is -0.123. The summed E-state index contributed by atoms with van der Waals surface area (Å²) >= 11 is 0. The fourth-order valence-corrected chi connectivity index (χ4v) is 4.17. The van der Waals surface area contributed by atoms with Gasteiger partial charge in [0.2, 0.25) is 5.91 Å². The zero-order valence-corrected chi connectivity index (χ0v) is 18.2. The van der Waals surface area contributed by atoms with Gasteiger partial charge in [-0.1, -0.05) is 32.0 Å². The molecule has 166 valence electrons. The molecule has 2 aromatic heterocycles. The fraction of sp³-hybridized carbons (Fsp3) is 0.333. The van der Waals surface area contributed by atoms with Crippen LogP contribution in [0.1, 0.15) is 36.3 Å². The summed E-state index contributed by atoms with van der Waals surface area (Å²) in [5.41, 5.74) is 1.82. The van der Waals surface area contributed by atoms with Gasteiger partial charge in [-0.25, -0.2) is 0 Å². The lowest BCUT2D eigenvalue weighted by Gasteiger charge is -2.25. The van der Waals surface area contributed by atoms with Crippen LogP contribution in [0.15, 0.2) is 48.8 Å². The maximum atomic E-state index is 12.9. The van der Waals surface area contributed by atoms with Crippen LogP contribution in [0.5, 0.6) is 0 Å². The number of amides is 2. The van der Waals surface area contributed by atoms with Gasteiger partial charge in [0.05, 0.1) is 0 Å². The number of H-pyrrole nitrogens is 2. The zero-order chi connectivity index (χ0) is 22.6. The molecule has 9 nitrogen and oxygen atoms in total. The number of rotatable bonds is 9. The molecule has 31 heavy (non-hydrogen) atoms. The molecule has 1 aromatic carbocycles. The highest BCUT2D eigenvalue weighted by molar-refractivity contribution is 7.52. The molecule has 2 atom stereocenters. The van der Waals surface area contributed by atoms with E-state index in [0.29, 0.717) is 17.7 Å². The van der Waals surface area contributed by atoms with Crippen molar-refractivity contribution >= 4 is 30.3 Å². The number of benzene rings is 1. The number of hydrogen-bond acceptors (Lipinski definition) is 3. The highest BCUT2D eigenvalue weighted by atomic mass is 31.2. The molecule has 0 aliphatic heterocycles. The molecular formula is C21H27N4O5P. The Morgan fingerprint density at radius 2 is 1.81 bits per heavy atom. The van der Waals surface area contributed by atoms with Crippen molar-refractivity contribution in [2.45, 2.75) is 38.5 Å². The summed E-state index contributed by atoms with van der Waals surface area (Å²) in [5.74, 6) is -2.45. The molecule has 0 aliphatic carbocycles. The molecule has 0 unspecified atom stereocenters. The standard InChI is InChI=1S/C21H27N4O5P/c1-13(2)10-18(24-20(26)17-8-5-9-22-17)21(27)25-19(31(28,29)30)11-14-12-23-16-7-4-3-6-15(14)16/h3-9,12-13,18-19,22-23H,10-11H2,1-2H3,(H,24,26)(H,25,27)(H2,28,29,30)/t18-,19+/m0/s1. The van der Waals surface area contributed by atoms with E-state index in [4.69, 9.17) is 0 Å².